The standard InChI is InChI=1S/C14H18BrN3/c1-14(7-3-2-4-8-14)18-12-6-5-10(15)9-11(12)17-13(18)16/h5-6,9H,2-4,7-8H2,1H3,(H2,16,17). The minimum atomic E-state index is 0.130. The molecule has 3 rings (SSSR count). The topological polar surface area (TPSA) is 43.8 Å². The molecule has 0 bridgehead atoms. The third-order valence-corrected chi connectivity index (χ3v) is 4.61. The highest BCUT2D eigenvalue weighted by molar-refractivity contribution is 9.10. The van der Waals surface area contributed by atoms with Gasteiger partial charge in [0.2, 0.25) is 5.95 Å². The average molecular weight is 308 g/mol. The van der Waals surface area contributed by atoms with Crippen LogP contribution in [0.1, 0.15) is 39.0 Å². The fourth-order valence-electron chi connectivity index (χ4n) is 3.18. The lowest BCUT2D eigenvalue weighted by atomic mass is 9.83. The van der Waals surface area contributed by atoms with E-state index >= 15 is 0 Å². The largest absolute Gasteiger partial charge is 0.369 e. The number of hydrogen-bond acceptors (Lipinski definition) is 2. The minimum absolute atomic E-state index is 0.130. The zero-order valence-electron chi connectivity index (χ0n) is 10.6. The van der Waals surface area contributed by atoms with Crippen molar-refractivity contribution in [3.63, 3.8) is 0 Å². The Morgan fingerprint density at radius 2 is 2.00 bits per heavy atom. The van der Waals surface area contributed by atoms with Gasteiger partial charge in [0.05, 0.1) is 11.0 Å². The van der Waals surface area contributed by atoms with E-state index in [4.69, 9.17) is 5.73 Å². The van der Waals surface area contributed by atoms with Crippen molar-refractivity contribution in [1.82, 2.24) is 9.55 Å². The van der Waals surface area contributed by atoms with Crippen LogP contribution in [0.25, 0.3) is 11.0 Å². The highest BCUT2D eigenvalue weighted by Gasteiger charge is 2.31. The lowest BCUT2D eigenvalue weighted by Crippen LogP contribution is -2.33. The van der Waals surface area contributed by atoms with Crippen LogP contribution in [0, 0.1) is 0 Å². The van der Waals surface area contributed by atoms with Gasteiger partial charge < -0.3 is 10.3 Å². The van der Waals surface area contributed by atoms with E-state index < -0.39 is 0 Å². The number of aromatic nitrogens is 2. The number of anilines is 1. The third-order valence-electron chi connectivity index (χ3n) is 4.11. The maximum Gasteiger partial charge on any atom is 0.201 e. The van der Waals surface area contributed by atoms with Gasteiger partial charge in [-0.25, -0.2) is 4.98 Å². The van der Waals surface area contributed by atoms with E-state index in [1.807, 2.05) is 6.07 Å². The highest BCUT2D eigenvalue weighted by atomic mass is 79.9. The number of nitrogen functional groups attached to an aromatic ring is 1. The van der Waals surface area contributed by atoms with Crippen molar-refractivity contribution < 1.29 is 0 Å². The molecule has 0 spiro atoms. The lowest BCUT2D eigenvalue weighted by Gasteiger charge is -2.36. The molecule has 0 radical (unpaired) electrons. The maximum atomic E-state index is 6.16. The first-order chi connectivity index (χ1) is 8.60. The zero-order chi connectivity index (χ0) is 12.8. The highest BCUT2D eigenvalue weighted by Crippen LogP contribution is 2.38. The van der Waals surface area contributed by atoms with Gasteiger partial charge in [-0.05, 0) is 38.0 Å². The number of hydrogen-bond donors (Lipinski definition) is 1. The van der Waals surface area contributed by atoms with Crippen LogP contribution >= 0.6 is 15.9 Å². The Kier molecular flexibility index (Phi) is 2.85. The molecule has 1 fully saturated rings. The van der Waals surface area contributed by atoms with Gasteiger partial charge in [0.25, 0.3) is 0 Å². The second kappa shape index (κ2) is 4.26. The van der Waals surface area contributed by atoms with E-state index in [-0.39, 0.29) is 5.54 Å². The van der Waals surface area contributed by atoms with Crippen molar-refractivity contribution in [2.45, 2.75) is 44.6 Å². The molecule has 0 amide bonds. The summed E-state index contributed by atoms with van der Waals surface area (Å²) in [6, 6.07) is 6.21. The molecule has 0 saturated heterocycles. The number of nitrogens with zero attached hydrogens (tertiary/aromatic N) is 2. The van der Waals surface area contributed by atoms with Gasteiger partial charge in [-0.2, -0.15) is 0 Å². The summed E-state index contributed by atoms with van der Waals surface area (Å²) in [5.41, 5.74) is 8.42. The molecule has 1 saturated carbocycles. The average Bonchev–Trinajstić information content (AvgIpc) is 2.65. The van der Waals surface area contributed by atoms with Crippen LogP contribution in [0.4, 0.5) is 5.95 Å². The summed E-state index contributed by atoms with van der Waals surface area (Å²) in [6.45, 7) is 2.31. The maximum absolute atomic E-state index is 6.16. The molecule has 0 unspecified atom stereocenters. The predicted octanol–water partition coefficient (Wildman–Crippen LogP) is 4.06. The smallest absolute Gasteiger partial charge is 0.201 e. The SMILES string of the molecule is CC1(n2c(N)nc3cc(Br)ccc32)CCCCC1. The van der Waals surface area contributed by atoms with Crippen LogP contribution < -0.4 is 5.73 Å². The van der Waals surface area contributed by atoms with Gasteiger partial charge in [-0.1, -0.05) is 35.2 Å². The van der Waals surface area contributed by atoms with E-state index in [0.29, 0.717) is 5.95 Å². The Labute approximate surface area is 116 Å². The van der Waals surface area contributed by atoms with E-state index in [2.05, 4.69) is 44.5 Å². The molecular weight excluding hydrogens is 290 g/mol. The monoisotopic (exact) mass is 307 g/mol. The van der Waals surface area contributed by atoms with Crippen molar-refractivity contribution in [2.24, 2.45) is 0 Å². The fourth-order valence-corrected chi connectivity index (χ4v) is 3.53. The molecule has 2 aromatic rings. The number of imidazole rings is 1. The van der Waals surface area contributed by atoms with Gasteiger partial charge in [-0.3, -0.25) is 0 Å². The second-order valence-corrected chi connectivity index (χ2v) is 6.41. The Hall–Kier alpha value is -1.03. The van der Waals surface area contributed by atoms with Gasteiger partial charge in [0, 0.05) is 10.0 Å². The Bertz CT molecular complexity index is 582. The first-order valence-electron chi connectivity index (χ1n) is 6.54. The van der Waals surface area contributed by atoms with E-state index in [1.54, 1.807) is 0 Å². The molecule has 0 atom stereocenters. The van der Waals surface area contributed by atoms with Crippen molar-refractivity contribution in [2.75, 3.05) is 5.73 Å². The number of fused-ring (bicyclic) bond motifs is 1. The van der Waals surface area contributed by atoms with Gasteiger partial charge in [0.15, 0.2) is 0 Å². The summed E-state index contributed by atoms with van der Waals surface area (Å²) in [4.78, 5) is 4.51. The quantitative estimate of drug-likeness (QED) is 0.863. The number of halogens is 1. The molecule has 1 aliphatic rings. The minimum Gasteiger partial charge on any atom is -0.369 e. The molecule has 3 nitrogen and oxygen atoms in total. The van der Waals surface area contributed by atoms with Crippen molar-refractivity contribution in [1.29, 1.82) is 0 Å². The summed E-state index contributed by atoms with van der Waals surface area (Å²) >= 11 is 3.49. The normalized spacial score (nSPS) is 19.2. The predicted molar refractivity (Wildman–Crippen MR) is 78.6 cm³/mol. The van der Waals surface area contributed by atoms with Crippen LogP contribution in [0.5, 0.6) is 0 Å². The first-order valence-corrected chi connectivity index (χ1v) is 7.33. The molecule has 4 heteroatoms. The molecule has 1 aliphatic carbocycles. The van der Waals surface area contributed by atoms with Gasteiger partial charge in [-0.15, -0.1) is 0 Å². The number of rotatable bonds is 1. The van der Waals surface area contributed by atoms with Crippen LogP contribution in [-0.2, 0) is 5.54 Å². The Balaban J connectivity index is 2.18. The van der Waals surface area contributed by atoms with Crippen molar-refractivity contribution in [3.8, 4) is 0 Å². The summed E-state index contributed by atoms with van der Waals surface area (Å²) in [6.07, 6.45) is 6.30. The van der Waals surface area contributed by atoms with Crippen LogP contribution in [-0.4, -0.2) is 9.55 Å². The molecule has 1 aromatic carbocycles. The summed E-state index contributed by atoms with van der Waals surface area (Å²) in [5, 5.41) is 0. The molecule has 0 aliphatic heterocycles. The molecule has 1 aromatic heterocycles. The fraction of sp³-hybridized carbons (Fsp3) is 0.500. The van der Waals surface area contributed by atoms with Crippen LogP contribution in [0.3, 0.4) is 0 Å². The number of benzene rings is 1. The Morgan fingerprint density at radius 3 is 2.72 bits per heavy atom. The molecule has 2 N–H and O–H groups in total. The summed E-state index contributed by atoms with van der Waals surface area (Å²) < 4.78 is 3.29. The molecular formula is C14H18BrN3. The molecule has 18 heavy (non-hydrogen) atoms. The molecule has 96 valence electrons. The first kappa shape index (κ1) is 12.0. The van der Waals surface area contributed by atoms with E-state index in [1.165, 1.54) is 32.1 Å². The molecule has 1 heterocycles. The van der Waals surface area contributed by atoms with Crippen LogP contribution in [0.2, 0.25) is 0 Å². The van der Waals surface area contributed by atoms with Crippen molar-refractivity contribution >= 4 is 32.9 Å². The zero-order valence-corrected chi connectivity index (χ0v) is 12.2. The van der Waals surface area contributed by atoms with Crippen LogP contribution in [0.15, 0.2) is 22.7 Å². The van der Waals surface area contributed by atoms with E-state index in [0.717, 1.165) is 15.5 Å². The summed E-state index contributed by atoms with van der Waals surface area (Å²) in [7, 11) is 0. The van der Waals surface area contributed by atoms with Gasteiger partial charge in [0.1, 0.15) is 0 Å². The Morgan fingerprint density at radius 1 is 1.28 bits per heavy atom. The summed E-state index contributed by atoms with van der Waals surface area (Å²) in [5.74, 6) is 0.646. The second-order valence-electron chi connectivity index (χ2n) is 5.50. The van der Waals surface area contributed by atoms with Gasteiger partial charge >= 0.3 is 0 Å². The van der Waals surface area contributed by atoms with Crippen molar-refractivity contribution in [3.05, 3.63) is 22.7 Å². The lowest BCUT2D eigenvalue weighted by molar-refractivity contribution is 0.228. The van der Waals surface area contributed by atoms with E-state index in [9.17, 15) is 0 Å². The number of nitrogens with two attached hydrogens (primary N) is 1. The third kappa shape index (κ3) is 1.83.